The normalized spacial score (nSPS) is 12.4. The number of benzene rings is 1. The van der Waals surface area contributed by atoms with Gasteiger partial charge in [0.2, 0.25) is 0 Å². The van der Waals surface area contributed by atoms with Crippen LogP contribution in [0.3, 0.4) is 0 Å². The maximum absolute atomic E-state index is 12.2. The molecule has 2 aromatic rings. The number of rotatable bonds is 6. The molecule has 0 unspecified atom stereocenters. The minimum Gasteiger partial charge on any atom is -0.486 e. The third-order valence-electron chi connectivity index (χ3n) is 4.19. The van der Waals surface area contributed by atoms with Crippen LogP contribution in [0.25, 0.3) is 0 Å². The molecule has 0 atom stereocenters. The number of carbonyl (C=O) groups excluding carboxylic acids is 2. The van der Waals surface area contributed by atoms with E-state index in [1.807, 2.05) is 6.07 Å². The Bertz CT molecular complexity index is 922. The molecule has 10 nitrogen and oxygen atoms in total. The van der Waals surface area contributed by atoms with Gasteiger partial charge in [0.15, 0.2) is 18.1 Å². The Morgan fingerprint density at radius 2 is 1.96 bits per heavy atom. The summed E-state index contributed by atoms with van der Waals surface area (Å²) in [6, 6.07) is 6.51. The quantitative estimate of drug-likeness (QED) is 0.418. The lowest BCUT2D eigenvalue weighted by Crippen LogP contribution is -2.31. The number of fused-ring (bicyclic) bond motifs is 1. The number of aromatic nitrogens is 1. The Balaban J connectivity index is 1.55. The molecule has 1 amide bonds. The van der Waals surface area contributed by atoms with Crippen molar-refractivity contribution in [2.24, 2.45) is 7.05 Å². The average Bonchev–Trinajstić information content (AvgIpc) is 3.07. The van der Waals surface area contributed by atoms with Crippen molar-refractivity contribution in [3.05, 3.63) is 51.8 Å². The van der Waals surface area contributed by atoms with Gasteiger partial charge in [0.25, 0.3) is 11.6 Å². The van der Waals surface area contributed by atoms with Crippen molar-refractivity contribution in [1.29, 1.82) is 0 Å². The van der Waals surface area contributed by atoms with E-state index in [1.165, 1.54) is 22.7 Å². The fourth-order valence-electron chi connectivity index (χ4n) is 2.71. The number of amides is 1. The Morgan fingerprint density at radius 3 is 2.64 bits per heavy atom. The fraction of sp³-hybridized carbons (Fsp3) is 0.333. The maximum Gasteiger partial charge on any atom is 0.355 e. The summed E-state index contributed by atoms with van der Waals surface area (Å²) in [5.41, 5.74) is 0.606. The van der Waals surface area contributed by atoms with Gasteiger partial charge in [-0.1, -0.05) is 6.07 Å². The number of carbonyl (C=O) groups is 2. The molecular formula is C18H19N3O7. The van der Waals surface area contributed by atoms with Crippen LogP contribution in [0.15, 0.2) is 30.5 Å². The van der Waals surface area contributed by atoms with E-state index in [-0.39, 0.29) is 11.4 Å². The van der Waals surface area contributed by atoms with Gasteiger partial charge in [0.1, 0.15) is 18.9 Å². The van der Waals surface area contributed by atoms with Crippen LogP contribution in [0, 0.1) is 10.1 Å². The molecule has 1 aromatic heterocycles. The second-order valence-electron chi connectivity index (χ2n) is 6.26. The Labute approximate surface area is 160 Å². The van der Waals surface area contributed by atoms with E-state index in [1.54, 1.807) is 19.2 Å². The van der Waals surface area contributed by atoms with E-state index < -0.39 is 23.4 Å². The number of aryl methyl sites for hydroxylation is 1. The van der Waals surface area contributed by atoms with Crippen LogP contribution >= 0.6 is 0 Å². The highest BCUT2D eigenvalue weighted by molar-refractivity contribution is 5.90. The molecule has 0 fully saturated rings. The van der Waals surface area contributed by atoms with Crippen molar-refractivity contribution in [2.75, 3.05) is 26.9 Å². The van der Waals surface area contributed by atoms with E-state index in [9.17, 15) is 19.7 Å². The molecule has 0 radical (unpaired) electrons. The largest absolute Gasteiger partial charge is 0.486 e. The highest BCUT2D eigenvalue weighted by Crippen LogP contribution is 2.31. The number of ether oxygens (including phenoxy) is 3. The Hall–Kier alpha value is -3.56. The molecule has 0 bridgehead atoms. The lowest BCUT2D eigenvalue weighted by molar-refractivity contribution is -0.384. The van der Waals surface area contributed by atoms with Crippen molar-refractivity contribution in [2.45, 2.75) is 6.54 Å². The van der Waals surface area contributed by atoms with Gasteiger partial charge in [-0.15, -0.1) is 0 Å². The molecule has 0 spiro atoms. The highest BCUT2D eigenvalue weighted by Gasteiger charge is 2.21. The van der Waals surface area contributed by atoms with E-state index in [0.717, 1.165) is 11.6 Å². The average molecular weight is 389 g/mol. The molecule has 1 aromatic carbocycles. The van der Waals surface area contributed by atoms with E-state index in [0.29, 0.717) is 31.3 Å². The lowest BCUT2D eigenvalue weighted by Gasteiger charge is -2.21. The predicted octanol–water partition coefficient (Wildman–Crippen LogP) is 1.52. The highest BCUT2D eigenvalue weighted by atomic mass is 16.6. The maximum atomic E-state index is 12.2. The van der Waals surface area contributed by atoms with Crippen LogP contribution in [0.2, 0.25) is 0 Å². The molecule has 0 saturated heterocycles. The van der Waals surface area contributed by atoms with Crippen molar-refractivity contribution in [3.8, 4) is 11.5 Å². The molecule has 0 saturated carbocycles. The fourth-order valence-corrected chi connectivity index (χ4v) is 2.71. The SMILES string of the molecule is CN(Cc1ccc2c(c1)OCCO2)C(=O)COC(=O)c1cc([N+](=O)[O-])cn1C. The van der Waals surface area contributed by atoms with E-state index in [4.69, 9.17) is 14.2 Å². The summed E-state index contributed by atoms with van der Waals surface area (Å²) in [6.45, 7) is 0.792. The minimum absolute atomic E-state index is 0.00557. The van der Waals surface area contributed by atoms with Gasteiger partial charge in [-0.2, -0.15) is 0 Å². The molecule has 28 heavy (non-hydrogen) atoms. The van der Waals surface area contributed by atoms with Gasteiger partial charge in [-0.05, 0) is 17.7 Å². The number of hydrogen-bond donors (Lipinski definition) is 0. The van der Waals surface area contributed by atoms with Crippen LogP contribution in [-0.4, -0.2) is 53.1 Å². The standard InChI is InChI=1S/C18H19N3O7/c1-19-10-13(21(24)25)8-14(19)18(23)28-11-17(22)20(2)9-12-3-4-15-16(7-12)27-6-5-26-15/h3-4,7-8,10H,5-6,9,11H2,1-2H3. The van der Waals surface area contributed by atoms with Gasteiger partial charge in [0.05, 0.1) is 11.1 Å². The van der Waals surface area contributed by atoms with Crippen LogP contribution in [0.5, 0.6) is 11.5 Å². The first kappa shape index (κ1) is 19.2. The van der Waals surface area contributed by atoms with E-state index >= 15 is 0 Å². The van der Waals surface area contributed by atoms with Crippen molar-refractivity contribution in [1.82, 2.24) is 9.47 Å². The third kappa shape index (κ3) is 4.22. The first-order valence-electron chi connectivity index (χ1n) is 8.45. The molecular weight excluding hydrogens is 370 g/mol. The molecule has 1 aliphatic heterocycles. The van der Waals surface area contributed by atoms with Crippen LogP contribution in [-0.2, 0) is 23.1 Å². The summed E-state index contributed by atoms with van der Waals surface area (Å²) >= 11 is 0. The van der Waals surface area contributed by atoms with Gasteiger partial charge in [-0.3, -0.25) is 14.9 Å². The summed E-state index contributed by atoms with van der Waals surface area (Å²) < 4.78 is 17.2. The summed E-state index contributed by atoms with van der Waals surface area (Å²) in [7, 11) is 3.07. The number of hydrogen-bond acceptors (Lipinski definition) is 7. The molecule has 0 N–H and O–H groups in total. The van der Waals surface area contributed by atoms with Crippen LogP contribution in [0.1, 0.15) is 16.1 Å². The van der Waals surface area contributed by atoms with Crippen molar-refractivity contribution >= 4 is 17.6 Å². The summed E-state index contributed by atoms with van der Waals surface area (Å²) in [5, 5.41) is 10.8. The van der Waals surface area contributed by atoms with Crippen molar-refractivity contribution < 1.29 is 28.7 Å². The Morgan fingerprint density at radius 1 is 1.25 bits per heavy atom. The zero-order chi connectivity index (χ0) is 20.3. The number of nitrogens with zero attached hydrogens (tertiary/aromatic N) is 3. The summed E-state index contributed by atoms with van der Waals surface area (Å²) in [4.78, 5) is 35.9. The second-order valence-corrected chi connectivity index (χ2v) is 6.26. The lowest BCUT2D eigenvalue weighted by atomic mass is 10.2. The summed E-state index contributed by atoms with van der Waals surface area (Å²) in [5.74, 6) is 0.0690. The smallest absolute Gasteiger partial charge is 0.355 e. The first-order chi connectivity index (χ1) is 13.3. The molecule has 3 rings (SSSR count). The first-order valence-corrected chi connectivity index (χ1v) is 8.45. The molecule has 2 heterocycles. The predicted molar refractivity (Wildman–Crippen MR) is 96.3 cm³/mol. The number of esters is 1. The van der Waals surface area contributed by atoms with Gasteiger partial charge < -0.3 is 23.7 Å². The van der Waals surface area contributed by atoms with Gasteiger partial charge >= 0.3 is 5.97 Å². The van der Waals surface area contributed by atoms with E-state index in [2.05, 4.69) is 0 Å². The monoisotopic (exact) mass is 389 g/mol. The summed E-state index contributed by atoms with van der Waals surface area (Å²) in [6.07, 6.45) is 1.20. The molecule has 148 valence electrons. The van der Waals surface area contributed by atoms with Gasteiger partial charge in [-0.25, -0.2) is 4.79 Å². The minimum atomic E-state index is -0.809. The zero-order valence-corrected chi connectivity index (χ0v) is 15.4. The topological polar surface area (TPSA) is 113 Å². The molecule has 10 heteroatoms. The Kier molecular flexibility index (Phi) is 5.48. The molecule has 1 aliphatic rings. The zero-order valence-electron chi connectivity index (χ0n) is 15.4. The molecule has 0 aliphatic carbocycles. The van der Waals surface area contributed by atoms with Crippen LogP contribution < -0.4 is 9.47 Å². The second kappa shape index (κ2) is 7.99. The number of likely N-dealkylation sites (N-methyl/N-ethyl adjacent to an activating group) is 1. The van der Waals surface area contributed by atoms with Crippen molar-refractivity contribution in [3.63, 3.8) is 0 Å². The number of nitro groups is 1. The van der Waals surface area contributed by atoms with Gasteiger partial charge in [0, 0.05) is 26.7 Å². The third-order valence-corrected chi connectivity index (χ3v) is 4.19. The van der Waals surface area contributed by atoms with Crippen LogP contribution in [0.4, 0.5) is 5.69 Å².